The smallest absolute Gasteiger partial charge is 0.239 e. The average Bonchev–Trinajstić information content (AvgIpc) is 2.36. The third kappa shape index (κ3) is 5.00. The van der Waals surface area contributed by atoms with E-state index < -0.39 is 0 Å². The van der Waals surface area contributed by atoms with Gasteiger partial charge in [0.1, 0.15) is 17.3 Å². The number of methoxy groups -OCH3 is 1. The van der Waals surface area contributed by atoms with Crippen LogP contribution < -0.4 is 10.6 Å². The molecule has 1 amide bonds. The highest BCUT2D eigenvalue weighted by atomic mass is 35.5. The van der Waals surface area contributed by atoms with Gasteiger partial charge in [-0.1, -0.05) is 25.4 Å². The molecule has 7 heteroatoms. The second kappa shape index (κ2) is 7.91. The second-order valence-corrected chi connectivity index (χ2v) is 4.64. The van der Waals surface area contributed by atoms with Gasteiger partial charge in [-0.25, -0.2) is 9.97 Å². The zero-order chi connectivity index (χ0) is 14.3. The van der Waals surface area contributed by atoms with Crippen LogP contribution in [0.5, 0.6) is 0 Å². The molecule has 0 unspecified atom stereocenters. The van der Waals surface area contributed by atoms with Gasteiger partial charge in [-0.2, -0.15) is 0 Å². The van der Waals surface area contributed by atoms with Crippen molar-refractivity contribution in [1.29, 1.82) is 0 Å². The SMILES string of the molecule is COCCNC(=O)CNc1ncnc(Cl)c1C(C)C. The van der Waals surface area contributed by atoms with Gasteiger partial charge in [0.15, 0.2) is 0 Å². The molecule has 0 saturated carbocycles. The molecule has 1 aromatic heterocycles. The summed E-state index contributed by atoms with van der Waals surface area (Å²) in [6, 6.07) is 0. The molecule has 1 heterocycles. The molecule has 0 atom stereocenters. The van der Waals surface area contributed by atoms with Gasteiger partial charge in [0.2, 0.25) is 5.91 Å². The Morgan fingerprint density at radius 1 is 1.47 bits per heavy atom. The molecule has 0 bridgehead atoms. The number of rotatable bonds is 7. The first-order valence-electron chi connectivity index (χ1n) is 6.06. The minimum atomic E-state index is -0.124. The Morgan fingerprint density at radius 2 is 2.21 bits per heavy atom. The van der Waals surface area contributed by atoms with E-state index in [-0.39, 0.29) is 18.4 Å². The van der Waals surface area contributed by atoms with Crippen molar-refractivity contribution in [1.82, 2.24) is 15.3 Å². The lowest BCUT2D eigenvalue weighted by Crippen LogP contribution is -2.32. The number of amides is 1. The lowest BCUT2D eigenvalue weighted by atomic mass is 10.1. The van der Waals surface area contributed by atoms with Crippen LogP contribution in [0.1, 0.15) is 25.3 Å². The number of halogens is 1. The number of nitrogens with one attached hydrogen (secondary N) is 2. The van der Waals surface area contributed by atoms with Crippen molar-refractivity contribution in [3.63, 3.8) is 0 Å². The molecule has 2 N–H and O–H groups in total. The van der Waals surface area contributed by atoms with Crippen LogP contribution in [0.3, 0.4) is 0 Å². The number of hydrogen-bond acceptors (Lipinski definition) is 5. The molecule has 0 fully saturated rings. The van der Waals surface area contributed by atoms with Gasteiger partial charge in [0.05, 0.1) is 13.2 Å². The number of anilines is 1. The van der Waals surface area contributed by atoms with Gasteiger partial charge in [-0.3, -0.25) is 4.79 Å². The summed E-state index contributed by atoms with van der Waals surface area (Å²) in [6.07, 6.45) is 1.37. The van der Waals surface area contributed by atoms with Gasteiger partial charge in [-0.05, 0) is 5.92 Å². The molecule has 1 aromatic rings. The molecule has 0 spiro atoms. The Morgan fingerprint density at radius 3 is 2.84 bits per heavy atom. The molecule has 106 valence electrons. The fraction of sp³-hybridized carbons (Fsp3) is 0.583. The number of carbonyl (C=O) groups excluding carboxylic acids is 1. The van der Waals surface area contributed by atoms with Crippen molar-refractivity contribution in [3.05, 3.63) is 17.0 Å². The maximum absolute atomic E-state index is 11.6. The van der Waals surface area contributed by atoms with Crippen LogP contribution in [0, 0.1) is 0 Å². The molecule has 0 aliphatic heterocycles. The van der Waals surface area contributed by atoms with Crippen LogP contribution in [-0.2, 0) is 9.53 Å². The van der Waals surface area contributed by atoms with Crippen LogP contribution in [-0.4, -0.2) is 42.7 Å². The maximum Gasteiger partial charge on any atom is 0.239 e. The van der Waals surface area contributed by atoms with Crippen molar-refractivity contribution in [2.45, 2.75) is 19.8 Å². The quantitative estimate of drug-likeness (QED) is 0.586. The van der Waals surface area contributed by atoms with Crippen molar-refractivity contribution >= 4 is 23.3 Å². The molecule has 0 aromatic carbocycles. The van der Waals surface area contributed by atoms with Crippen molar-refractivity contribution in [2.75, 3.05) is 32.1 Å². The third-order valence-corrected chi connectivity index (χ3v) is 2.76. The van der Waals surface area contributed by atoms with Gasteiger partial charge in [0, 0.05) is 19.2 Å². The zero-order valence-corrected chi connectivity index (χ0v) is 12.1. The Labute approximate surface area is 117 Å². The minimum Gasteiger partial charge on any atom is -0.383 e. The lowest BCUT2D eigenvalue weighted by molar-refractivity contribution is -0.119. The van der Waals surface area contributed by atoms with E-state index in [0.717, 1.165) is 5.56 Å². The highest BCUT2D eigenvalue weighted by Gasteiger charge is 2.13. The summed E-state index contributed by atoms with van der Waals surface area (Å²) in [4.78, 5) is 19.6. The molecule has 0 saturated heterocycles. The molecule has 1 rings (SSSR count). The maximum atomic E-state index is 11.6. The Balaban J connectivity index is 2.58. The van der Waals surface area contributed by atoms with Crippen LogP contribution >= 0.6 is 11.6 Å². The van der Waals surface area contributed by atoms with Crippen LogP contribution in [0.2, 0.25) is 5.15 Å². The summed E-state index contributed by atoms with van der Waals surface area (Å²) >= 11 is 6.03. The van der Waals surface area contributed by atoms with Gasteiger partial charge < -0.3 is 15.4 Å². The first kappa shape index (κ1) is 15.7. The van der Waals surface area contributed by atoms with Crippen molar-refractivity contribution < 1.29 is 9.53 Å². The summed E-state index contributed by atoms with van der Waals surface area (Å²) in [5.41, 5.74) is 0.814. The predicted octanol–water partition coefficient (Wildman–Crippen LogP) is 1.43. The van der Waals surface area contributed by atoms with Crippen molar-refractivity contribution in [2.24, 2.45) is 0 Å². The lowest BCUT2D eigenvalue weighted by Gasteiger charge is -2.14. The predicted molar refractivity (Wildman–Crippen MR) is 74.5 cm³/mol. The zero-order valence-electron chi connectivity index (χ0n) is 11.4. The normalized spacial score (nSPS) is 10.6. The minimum absolute atomic E-state index is 0.124. The molecule has 0 aliphatic rings. The summed E-state index contributed by atoms with van der Waals surface area (Å²) in [5.74, 6) is 0.645. The molecular weight excluding hydrogens is 268 g/mol. The molecular formula is C12H19ClN4O2. The monoisotopic (exact) mass is 286 g/mol. The number of hydrogen-bond donors (Lipinski definition) is 2. The van der Waals surface area contributed by atoms with Gasteiger partial charge in [-0.15, -0.1) is 0 Å². The fourth-order valence-corrected chi connectivity index (χ4v) is 1.90. The molecule has 0 radical (unpaired) electrons. The van der Waals surface area contributed by atoms with Crippen LogP contribution in [0.4, 0.5) is 5.82 Å². The summed E-state index contributed by atoms with van der Waals surface area (Å²) in [6.45, 7) is 5.10. The number of aromatic nitrogens is 2. The van der Waals surface area contributed by atoms with E-state index in [2.05, 4.69) is 20.6 Å². The average molecular weight is 287 g/mol. The number of carbonyl (C=O) groups is 1. The first-order valence-corrected chi connectivity index (χ1v) is 6.44. The topological polar surface area (TPSA) is 76.1 Å². The number of nitrogens with zero attached hydrogens (tertiary/aromatic N) is 2. The largest absolute Gasteiger partial charge is 0.383 e. The number of ether oxygens (including phenoxy) is 1. The van der Waals surface area contributed by atoms with E-state index in [1.165, 1.54) is 6.33 Å². The first-order chi connectivity index (χ1) is 9.06. The highest BCUT2D eigenvalue weighted by Crippen LogP contribution is 2.27. The van der Waals surface area contributed by atoms with E-state index >= 15 is 0 Å². The van der Waals surface area contributed by atoms with Crippen LogP contribution in [0.15, 0.2) is 6.33 Å². The summed E-state index contributed by atoms with van der Waals surface area (Å²) < 4.78 is 4.85. The van der Waals surface area contributed by atoms with Crippen LogP contribution in [0.25, 0.3) is 0 Å². The summed E-state index contributed by atoms with van der Waals surface area (Å²) in [7, 11) is 1.59. The van der Waals surface area contributed by atoms with Crippen molar-refractivity contribution in [3.8, 4) is 0 Å². The van der Waals surface area contributed by atoms with E-state index in [9.17, 15) is 4.79 Å². The Kier molecular flexibility index (Phi) is 6.52. The molecule has 0 aliphatic carbocycles. The van der Waals surface area contributed by atoms with Gasteiger partial charge in [0.25, 0.3) is 0 Å². The second-order valence-electron chi connectivity index (χ2n) is 4.28. The Bertz CT molecular complexity index is 426. The summed E-state index contributed by atoms with van der Waals surface area (Å²) in [5, 5.41) is 6.10. The highest BCUT2D eigenvalue weighted by molar-refractivity contribution is 6.30. The van der Waals surface area contributed by atoms with E-state index in [1.807, 2.05) is 13.8 Å². The standard InChI is InChI=1S/C12H19ClN4O2/c1-8(2)10-11(13)16-7-17-12(10)15-6-9(18)14-4-5-19-3/h7-8H,4-6H2,1-3H3,(H,14,18)(H,15,16,17). The molecule has 19 heavy (non-hydrogen) atoms. The Hall–Kier alpha value is -1.40. The van der Waals surface area contributed by atoms with E-state index in [4.69, 9.17) is 16.3 Å². The van der Waals surface area contributed by atoms with E-state index in [0.29, 0.717) is 24.1 Å². The van der Waals surface area contributed by atoms with Gasteiger partial charge >= 0.3 is 0 Å². The third-order valence-electron chi connectivity index (χ3n) is 2.46. The van der Waals surface area contributed by atoms with E-state index in [1.54, 1.807) is 7.11 Å². The fourth-order valence-electron chi connectivity index (χ4n) is 1.55. The molecule has 6 nitrogen and oxygen atoms in total.